The van der Waals surface area contributed by atoms with Gasteiger partial charge in [0.25, 0.3) is 0 Å². The van der Waals surface area contributed by atoms with Crippen molar-refractivity contribution >= 4 is 17.8 Å². The lowest BCUT2D eigenvalue weighted by molar-refractivity contribution is -0.155. The highest BCUT2D eigenvalue weighted by atomic mass is 16.4. The van der Waals surface area contributed by atoms with Gasteiger partial charge in [-0.05, 0) is 12.8 Å². The first-order chi connectivity index (χ1) is 8.35. The van der Waals surface area contributed by atoms with Crippen molar-refractivity contribution in [3.63, 3.8) is 0 Å². The third kappa shape index (κ3) is 3.72. The Bertz CT molecular complexity index is 330. The van der Waals surface area contributed by atoms with Crippen molar-refractivity contribution in [2.24, 2.45) is 5.41 Å². The summed E-state index contributed by atoms with van der Waals surface area (Å²) < 4.78 is 0. The van der Waals surface area contributed by atoms with E-state index in [1.807, 2.05) is 0 Å². The second-order valence-electron chi connectivity index (χ2n) is 5.07. The van der Waals surface area contributed by atoms with Crippen LogP contribution < -0.4 is 0 Å². The number of carboxylic acid groups (broad SMARTS) is 2. The van der Waals surface area contributed by atoms with Crippen molar-refractivity contribution < 1.29 is 24.6 Å². The standard InChI is InChI=1S/C12H19NO5/c1-12(5-3-2-4-6-12)11(18)13(7-9(14)15)8-10(16)17/h2-8H2,1H3,(H,14,15)(H,16,17). The van der Waals surface area contributed by atoms with Crippen molar-refractivity contribution in [1.82, 2.24) is 4.90 Å². The lowest BCUT2D eigenvalue weighted by Gasteiger charge is -2.36. The Morgan fingerprint density at radius 2 is 1.44 bits per heavy atom. The number of carboxylic acids is 2. The number of hydrogen-bond acceptors (Lipinski definition) is 3. The van der Waals surface area contributed by atoms with Crippen LogP contribution in [-0.2, 0) is 14.4 Å². The van der Waals surface area contributed by atoms with E-state index in [-0.39, 0.29) is 5.91 Å². The van der Waals surface area contributed by atoms with Gasteiger partial charge in [0.2, 0.25) is 5.91 Å². The Kier molecular flexibility index (Phi) is 4.69. The molecule has 0 aromatic heterocycles. The number of carbonyl (C=O) groups is 3. The van der Waals surface area contributed by atoms with Crippen molar-refractivity contribution in [3.8, 4) is 0 Å². The van der Waals surface area contributed by atoms with Gasteiger partial charge in [-0.3, -0.25) is 14.4 Å². The van der Waals surface area contributed by atoms with E-state index in [9.17, 15) is 14.4 Å². The molecule has 1 saturated carbocycles. The number of nitrogens with zero attached hydrogens (tertiary/aromatic N) is 1. The van der Waals surface area contributed by atoms with Gasteiger partial charge in [-0.1, -0.05) is 26.2 Å². The summed E-state index contributed by atoms with van der Waals surface area (Å²) in [6.45, 7) is 0.687. The smallest absolute Gasteiger partial charge is 0.323 e. The summed E-state index contributed by atoms with van der Waals surface area (Å²) in [7, 11) is 0. The fourth-order valence-corrected chi connectivity index (χ4v) is 2.45. The quantitative estimate of drug-likeness (QED) is 0.764. The third-order valence-electron chi connectivity index (χ3n) is 3.41. The summed E-state index contributed by atoms with van der Waals surface area (Å²) in [5.41, 5.74) is -0.608. The molecule has 102 valence electrons. The van der Waals surface area contributed by atoms with E-state index in [1.54, 1.807) is 6.92 Å². The molecule has 0 unspecified atom stereocenters. The summed E-state index contributed by atoms with van der Waals surface area (Å²) in [6, 6.07) is 0. The van der Waals surface area contributed by atoms with Crippen LogP contribution in [0.4, 0.5) is 0 Å². The number of aliphatic carboxylic acids is 2. The van der Waals surface area contributed by atoms with Crippen LogP contribution in [0.2, 0.25) is 0 Å². The van der Waals surface area contributed by atoms with Gasteiger partial charge in [0.05, 0.1) is 0 Å². The summed E-state index contributed by atoms with van der Waals surface area (Å²) in [5, 5.41) is 17.5. The van der Waals surface area contributed by atoms with Crippen molar-refractivity contribution in [3.05, 3.63) is 0 Å². The minimum absolute atomic E-state index is 0.355. The molecule has 6 heteroatoms. The van der Waals surface area contributed by atoms with E-state index < -0.39 is 30.4 Å². The molecule has 18 heavy (non-hydrogen) atoms. The van der Waals surface area contributed by atoms with Gasteiger partial charge >= 0.3 is 11.9 Å². The number of amides is 1. The first-order valence-corrected chi connectivity index (χ1v) is 6.08. The van der Waals surface area contributed by atoms with E-state index >= 15 is 0 Å². The second-order valence-corrected chi connectivity index (χ2v) is 5.07. The molecule has 0 heterocycles. The summed E-state index contributed by atoms with van der Waals surface area (Å²) in [5.74, 6) is -2.74. The molecule has 1 fully saturated rings. The molecule has 0 spiro atoms. The topological polar surface area (TPSA) is 94.9 Å². The third-order valence-corrected chi connectivity index (χ3v) is 3.41. The van der Waals surface area contributed by atoms with Crippen LogP contribution in [0.1, 0.15) is 39.0 Å². The van der Waals surface area contributed by atoms with E-state index in [2.05, 4.69) is 0 Å². The molecule has 2 N–H and O–H groups in total. The molecular formula is C12H19NO5. The van der Waals surface area contributed by atoms with Crippen LogP contribution in [-0.4, -0.2) is 46.0 Å². The summed E-state index contributed by atoms with van der Waals surface area (Å²) >= 11 is 0. The highest BCUT2D eigenvalue weighted by Crippen LogP contribution is 2.37. The maximum atomic E-state index is 12.3. The zero-order valence-corrected chi connectivity index (χ0v) is 10.5. The fraction of sp³-hybridized carbons (Fsp3) is 0.750. The Morgan fingerprint density at radius 3 is 1.83 bits per heavy atom. The molecule has 1 amide bonds. The van der Waals surface area contributed by atoms with Gasteiger partial charge in [-0.2, -0.15) is 0 Å². The van der Waals surface area contributed by atoms with Gasteiger partial charge in [-0.25, -0.2) is 0 Å². The van der Waals surface area contributed by atoms with Gasteiger partial charge in [0.15, 0.2) is 0 Å². The van der Waals surface area contributed by atoms with Gasteiger partial charge in [-0.15, -0.1) is 0 Å². The fourth-order valence-electron chi connectivity index (χ4n) is 2.45. The first kappa shape index (κ1) is 14.5. The Labute approximate surface area is 106 Å². The van der Waals surface area contributed by atoms with Gasteiger partial charge in [0, 0.05) is 5.41 Å². The number of hydrogen-bond donors (Lipinski definition) is 2. The van der Waals surface area contributed by atoms with Crippen LogP contribution in [0.3, 0.4) is 0 Å². The van der Waals surface area contributed by atoms with Crippen LogP contribution in [0, 0.1) is 5.41 Å². The molecule has 6 nitrogen and oxygen atoms in total. The first-order valence-electron chi connectivity index (χ1n) is 6.08. The molecule has 0 bridgehead atoms. The molecule has 1 aliphatic rings. The molecule has 0 aliphatic heterocycles. The van der Waals surface area contributed by atoms with E-state index in [4.69, 9.17) is 10.2 Å². The van der Waals surface area contributed by atoms with E-state index in [0.717, 1.165) is 24.2 Å². The lowest BCUT2D eigenvalue weighted by atomic mass is 9.74. The average Bonchev–Trinajstić information content (AvgIpc) is 2.27. The van der Waals surface area contributed by atoms with Gasteiger partial charge < -0.3 is 15.1 Å². The molecule has 0 aromatic carbocycles. The van der Waals surface area contributed by atoms with E-state index in [0.29, 0.717) is 12.8 Å². The lowest BCUT2D eigenvalue weighted by Crippen LogP contribution is -2.47. The predicted molar refractivity (Wildman–Crippen MR) is 63.0 cm³/mol. The van der Waals surface area contributed by atoms with Crippen LogP contribution in [0.5, 0.6) is 0 Å². The van der Waals surface area contributed by atoms with Gasteiger partial charge in [0.1, 0.15) is 13.1 Å². The van der Waals surface area contributed by atoms with Crippen LogP contribution >= 0.6 is 0 Å². The maximum absolute atomic E-state index is 12.3. The maximum Gasteiger partial charge on any atom is 0.323 e. The number of carbonyl (C=O) groups excluding carboxylic acids is 1. The molecule has 0 atom stereocenters. The molecule has 0 radical (unpaired) electrons. The zero-order chi connectivity index (χ0) is 13.8. The highest BCUT2D eigenvalue weighted by Gasteiger charge is 2.38. The summed E-state index contributed by atoms with van der Waals surface area (Å²) in [4.78, 5) is 34.6. The molecule has 1 aliphatic carbocycles. The molecule has 0 saturated heterocycles. The Morgan fingerprint density at radius 1 is 1.00 bits per heavy atom. The highest BCUT2D eigenvalue weighted by molar-refractivity contribution is 5.88. The molecular weight excluding hydrogens is 238 g/mol. The van der Waals surface area contributed by atoms with E-state index in [1.165, 1.54) is 0 Å². The van der Waals surface area contributed by atoms with Crippen LogP contribution in [0.25, 0.3) is 0 Å². The largest absolute Gasteiger partial charge is 0.480 e. The summed E-state index contributed by atoms with van der Waals surface area (Å²) in [6.07, 6.45) is 4.32. The minimum atomic E-state index is -1.19. The number of rotatable bonds is 5. The van der Waals surface area contributed by atoms with Crippen LogP contribution in [0.15, 0.2) is 0 Å². The average molecular weight is 257 g/mol. The minimum Gasteiger partial charge on any atom is -0.480 e. The molecule has 1 rings (SSSR count). The monoisotopic (exact) mass is 257 g/mol. The second kappa shape index (κ2) is 5.84. The normalized spacial score (nSPS) is 18.1. The van der Waals surface area contributed by atoms with Crippen molar-refractivity contribution in [2.75, 3.05) is 13.1 Å². The van der Waals surface area contributed by atoms with Crippen molar-refractivity contribution in [1.29, 1.82) is 0 Å². The van der Waals surface area contributed by atoms with Crippen molar-refractivity contribution in [2.45, 2.75) is 39.0 Å². The molecule has 0 aromatic rings. The SMILES string of the molecule is CC1(C(=O)N(CC(=O)O)CC(=O)O)CCCCC1. The Balaban J connectivity index is 2.79. The predicted octanol–water partition coefficient (Wildman–Crippen LogP) is 0.955. The Hall–Kier alpha value is -1.59. The zero-order valence-electron chi connectivity index (χ0n) is 10.5.